The smallest absolute Gasteiger partial charge is 0.133 e. The maximum absolute atomic E-state index is 12.3. The van der Waals surface area contributed by atoms with Gasteiger partial charge in [-0.15, -0.1) is 0 Å². The summed E-state index contributed by atoms with van der Waals surface area (Å²) in [5.74, 6) is 0.963. The van der Waals surface area contributed by atoms with Crippen molar-refractivity contribution in [1.29, 1.82) is 0 Å². The molecular weight excluding hydrogens is 270 g/mol. The monoisotopic (exact) mass is 311 g/mol. The van der Waals surface area contributed by atoms with Gasteiger partial charge in [-0.3, -0.25) is 4.79 Å². The first-order chi connectivity index (χ1) is 10.1. The van der Waals surface area contributed by atoms with E-state index < -0.39 is 0 Å². The number of rotatable bonds is 11. The summed E-state index contributed by atoms with van der Waals surface area (Å²) in [6.45, 7) is 14.4. The van der Waals surface area contributed by atoms with Crippen molar-refractivity contribution in [3.63, 3.8) is 0 Å². The van der Waals surface area contributed by atoms with Crippen molar-refractivity contribution in [2.75, 3.05) is 6.54 Å². The van der Waals surface area contributed by atoms with Crippen molar-refractivity contribution >= 4 is 5.78 Å². The van der Waals surface area contributed by atoms with Gasteiger partial charge in [0.1, 0.15) is 5.78 Å². The molecule has 22 heavy (non-hydrogen) atoms. The van der Waals surface area contributed by atoms with Gasteiger partial charge in [0, 0.05) is 12.8 Å². The van der Waals surface area contributed by atoms with E-state index in [0.717, 1.165) is 45.1 Å². The molecular formula is C20H41NO. The maximum atomic E-state index is 12.3. The van der Waals surface area contributed by atoms with E-state index in [0.29, 0.717) is 17.1 Å². The number of ketones is 1. The third-order valence-corrected chi connectivity index (χ3v) is 4.59. The Balaban J connectivity index is 4.02. The standard InChI is InChI=1S/C20H41NO/c1-19(2,3)14-10-7-8-13-18(22)16-17(20(4,5)6)12-9-11-15-21/h17H,7-16,21H2,1-6H3/t17-/m1/s1. The molecule has 0 rings (SSSR count). The van der Waals surface area contributed by atoms with Crippen LogP contribution in [0.1, 0.15) is 99.3 Å². The lowest BCUT2D eigenvalue weighted by Gasteiger charge is -2.30. The second kappa shape index (κ2) is 10.4. The van der Waals surface area contributed by atoms with Gasteiger partial charge in [0.05, 0.1) is 0 Å². The molecule has 0 aromatic heterocycles. The van der Waals surface area contributed by atoms with Gasteiger partial charge in [-0.05, 0) is 49.0 Å². The summed E-state index contributed by atoms with van der Waals surface area (Å²) >= 11 is 0. The minimum absolute atomic E-state index is 0.219. The van der Waals surface area contributed by atoms with Crippen molar-refractivity contribution in [2.45, 2.75) is 99.3 Å². The molecule has 0 saturated heterocycles. The first-order valence-corrected chi connectivity index (χ1v) is 9.28. The Morgan fingerprint density at radius 2 is 1.55 bits per heavy atom. The van der Waals surface area contributed by atoms with E-state index in [4.69, 9.17) is 5.73 Å². The Labute approximate surface area is 139 Å². The van der Waals surface area contributed by atoms with Crippen LogP contribution >= 0.6 is 0 Å². The van der Waals surface area contributed by atoms with Crippen LogP contribution in [0.25, 0.3) is 0 Å². The summed E-state index contributed by atoms with van der Waals surface area (Å²) in [7, 11) is 0. The van der Waals surface area contributed by atoms with Crippen LogP contribution in [0.4, 0.5) is 0 Å². The minimum atomic E-state index is 0.219. The lowest BCUT2D eigenvalue weighted by Crippen LogP contribution is -2.23. The van der Waals surface area contributed by atoms with Crippen LogP contribution < -0.4 is 5.73 Å². The van der Waals surface area contributed by atoms with E-state index in [-0.39, 0.29) is 5.41 Å². The van der Waals surface area contributed by atoms with Crippen LogP contribution in [0.3, 0.4) is 0 Å². The van der Waals surface area contributed by atoms with Crippen molar-refractivity contribution in [3.8, 4) is 0 Å². The van der Waals surface area contributed by atoms with E-state index in [1.807, 2.05) is 0 Å². The fourth-order valence-corrected chi connectivity index (χ4v) is 2.91. The average Bonchev–Trinajstić information content (AvgIpc) is 2.34. The van der Waals surface area contributed by atoms with E-state index in [9.17, 15) is 4.79 Å². The summed E-state index contributed by atoms with van der Waals surface area (Å²) in [5, 5.41) is 0. The third kappa shape index (κ3) is 12.2. The predicted octanol–water partition coefficient (Wildman–Crippen LogP) is 5.73. The van der Waals surface area contributed by atoms with Gasteiger partial charge in [-0.2, -0.15) is 0 Å². The van der Waals surface area contributed by atoms with Gasteiger partial charge >= 0.3 is 0 Å². The zero-order valence-corrected chi connectivity index (χ0v) is 16.1. The van der Waals surface area contributed by atoms with Gasteiger partial charge in [-0.1, -0.05) is 60.8 Å². The minimum Gasteiger partial charge on any atom is -0.330 e. The van der Waals surface area contributed by atoms with E-state index in [2.05, 4.69) is 41.5 Å². The van der Waals surface area contributed by atoms with Gasteiger partial charge in [0.2, 0.25) is 0 Å². The summed E-state index contributed by atoms with van der Waals surface area (Å²) in [6, 6.07) is 0. The first kappa shape index (κ1) is 21.6. The van der Waals surface area contributed by atoms with Crippen molar-refractivity contribution in [2.24, 2.45) is 22.5 Å². The predicted molar refractivity (Wildman–Crippen MR) is 98.0 cm³/mol. The fourth-order valence-electron chi connectivity index (χ4n) is 2.91. The molecule has 0 radical (unpaired) electrons. The normalized spacial score (nSPS) is 14.1. The molecule has 0 aliphatic carbocycles. The Kier molecular flexibility index (Phi) is 10.2. The summed E-state index contributed by atoms with van der Waals surface area (Å²) in [6.07, 6.45) is 9.65. The van der Waals surface area contributed by atoms with Gasteiger partial charge < -0.3 is 5.73 Å². The summed E-state index contributed by atoms with van der Waals surface area (Å²) in [4.78, 5) is 12.3. The van der Waals surface area contributed by atoms with Gasteiger partial charge in [0.25, 0.3) is 0 Å². The molecule has 0 fully saturated rings. The molecule has 2 heteroatoms. The van der Waals surface area contributed by atoms with Crippen molar-refractivity contribution < 1.29 is 4.79 Å². The third-order valence-electron chi connectivity index (χ3n) is 4.59. The Hall–Kier alpha value is -0.370. The van der Waals surface area contributed by atoms with E-state index in [1.165, 1.54) is 19.3 Å². The maximum Gasteiger partial charge on any atom is 0.133 e. The molecule has 1 atom stereocenters. The van der Waals surface area contributed by atoms with Crippen LogP contribution in [0, 0.1) is 16.7 Å². The molecule has 0 aliphatic rings. The number of unbranched alkanes of at least 4 members (excludes halogenated alkanes) is 3. The molecule has 0 amide bonds. The van der Waals surface area contributed by atoms with Crippen molar-refractivity contribution in [3.05, 3.63) is 0 Å². The Morgan fingerprint density at radius 3 is 2.05 bits per heavy atom. The number of nitrogens with two attached hydrogens (primary N) is 1. The molecule has 0 bridgehead atoms. The second-order valence-electron chi connectivity index (χ2n) is 9.21. The molecule has 2 N–H and O–H groups in total. The molecule has 2 nitrogen and oxygen atoms in total. The van der Waals surface area contributed by atoms with Crippen molar-refractivity contribution in [1.82, 2.24) is 0 Å². The summed E-state index contributed by atoms with van der Waals surface area (Å²) in [5.41, 5.74) is 6.22. The Morgan fingerprint density at radius 1 is 0.909 bits per heavy atom. The molecule has 0 aliphatic heterocycles. The highest BCUT2D eigenvalue weighted by Crippen LogP contribution is 2.33. The molecule has 132 valence electrons. The number of hydrogen-bond donors (Lipinski definition) is 1. The Bertz CT molecular complexity index is 296. The summed E-state index contributed by atoms with van der Waals surface area (Å²) < 4.78 is 0. The van der Waals surface area contributed by atoms with Crippen LogP contribution in [0.5, 0.6) is 0 Å². The number of carbonyl (C=O) groups excluding carboxylic acids is 1. The molecule has 0 spiro atoms. The number of hydrogen-bond acceptors (Lipinski definition) is 2. The van der Waals surface area contributed by atoms with E-state index in [1.54, 1.807) is 0 Å². The molecule has 0 heterocycles. The molecule has 0 aromatic carbocycles. The number of carbonyl (C=O) groups is 1. The highest BCUT2D eigenvalue weighted by Gasteiger charge is 2.26. The van der Waals surface area contributed by atoms with Crippen LogP contribution in [0.2, 0.25) is 0 Å². The first-order valence-electron chi connectivity index (χ1n) is 9.28. The molecule has 0 saturated carbocycles. The quantitative estimate of drug-likeness (QED) is 0.495. The molecule has 0 aromatic rings. The van der Waals surface area contributed by atoms with Crippen LogP contribution in [-0.2, 0) is 4.79 Å². The second-order valence-corrected chi connectivity index (χ2v) is 9.21. The SMILES string of the molecule is CC(C)(C)CCCCCC(=O)C[C@@H](CCCCN)C(C)(C)C. The molecule has 0 unspecified atom stereocenters. The largest absolute Gasteiger partial charge is 0.330 e. The van der Waals surface area contributed by atoms with Crippen LogP contribution in [0.15, 0.2) is 0 Å². The van der Waals surface area contributed by atoms with E-state index >= 15 is 0 Å². The topological polar surface area (TPSA) is 43.1 Å². The highest BCUT2D eigenvalue weighted by molar-refractivity contribution is 5.78. The van der Waals surface area contributed by atoms with Gasteiger partial charge in [-0.25, -0.2) is 0 Å². The fraction of sp³-hybridized carbons (Fsp3) is 0.950. The highest BCUT2D eigenvalue weighted by atomic mass is 16.1. The van der Waals surface area contributed by atoms with Crippen LogP contribution in [-0.4, -0.2) is 12.3 Å². The zero-order valence-electron chi connectivity index (χ0n) is 16.1. The average molecular weight is 312 g/mol. The number of Topliss-reactive ketones (excluding diaryl/α,β-unsaturated/α-hetero) is 1. The van der Waals surface area contributed by atoms with Gasteiger partial charge in [0.15, 0.2) is 0 Å². The zero-order chi connectivity index (χ0) is 17.2. The lowest BCUT2D eigenvalue weighted by atomic mass is 9.75. The lowest BCUT2D eigenvalue weighted by molar-refractivity contribution is -0.121.